The topological polar surface area (TPSA) is 40.0 Å². The van der Waals surface area contributed by atoms with Crippen LogP contribution in [0.25, 0.3) is 0 Å². The Kier molecular flexibility index (Phi) is 4.24. The first-order chi connectivity index (χ1) is 6.18. The van der Waals surface area contributed by atoms with Gasteiger partial charge in [0, 0.05) is 18.0 Å². The number of nitrogens with zero attached hydrogens (tertiary/aromatic N) is 3. The number of rotatable bonds is 3. The SMILES string of the molecule is CC(CN(C)C)SC1=NCC=NN1. The number of hydrogen-bond donors (Lipinski definition) is 1. The molecule has 1 rings (SSSR count). The monoisotopic (exact) mass is 200 g/mol. The molecule has 0 aromatic rings. The number of hydrogen-bond acceptors (Lipinski definition) is 5. The normalized spacial score (nSPS) is 18.3. The van der Waals surface area contributed by atoms with Gasteiger partial charge in [0.15, 0.2) is 5.17 Å². The van der Waals surface area contributed by atoms with Gasteiger partial charge < -0.3 is 4.90 Å². The van der Waals surface area contributed by atoms with Crippen LogP contribution in [-0.4, -0.2) is 48.7 Å². The van der Waals surface area contributed by atoms with Gasteiger partial charge in [-0.2, -0.15) is 5.10 Å². The van der Waals surface area contributed by atoms with Crippen LogP contribution >= 0.6 is 11.8 Å². The van der Waals surface area contributed by atoms with E-state index in [-0.39, 0.29) is 0 Å². The van der Waals surface area contributed by atoms with E-state index < -0.39 is 0 Å². The maximum Gasteiger partial charge on any atom is 0.177 e. The second-order valence-electron chi connectivity index (χ2n) is 3.26. The van der Waals surface area contributed by atoms with Crippen LogP contribution in [-0.2, 0) is 0 Å². The van der Waals surface area contributed by atoms with E-state index in [4.69, 9.17) is 0 Å². The molecule has 1 aliphatic heterocycles. The molecule has 1 atom stereocenters. The molecule has 74 valence electrons. The van der Waals surface area contributed by atoms with Gasteiger partial charge in [-0.05, 0) is 14.1 Å². The van der Waals surface area contributed by atoms with Crippen molar-refractivity contribution in [2.24, 2.45) is 10.1 Å². The van der Waals surface area contributed by atoms with Gasteiger partial charge >= 0.3 is 0 Å². The summed E-state index contributed by atoms with van der Waals surface area (Å²) in [5, 5.41) is 5.41. The molecule has 0 bridgehead atoms. The fourth-order valence-corrected chi connectivity index (χ4v) is 2.11. The van der Waals surface area contributed by atoms with Crippen molar-refractivity contribution in [1.29, 1.82) is 0 Å². The molecule has 1 aliphatic rings. The highest BCUT2D eigenvalue weighted by Gasteiger charge is 2.09. The summed E-state index contributed by atoms with van der Waals surface area (Å²) in [6, 6.07) is 0. The van der Waals surface area contributed by atoms with E-state index in [9.17, 15) is 0 Å². The molecule has 0 amide bonds. The van der Waals surface area contributed by atoms with E-state index in [1.807, 2.05) is 0 Å². The van der Waals surface area contributed by atoms with Crippen molar-refractivity contribution in [2.45, 2.75) is 12.2 Å². The van der Waals surface area contributed by atoms with Crippen molar-refractivity contribution < 1.29 is 0 Å². The molecule has 1 heterocycles. The second-order valence-corrected chi connectivity index (χ2v) is 4.69. The first-order valence-electron chi connectivity index (χ1n) is 4.32. The summed E-state index contributed by atoms with van der Waals surface area (Å²) in [6.07, 6.45) is 1.76. The van der Waals surface area contributed by atoms with E-state index in [0.29, 0.717) is 11.8 Å². The van der Waals surface area contributed by atoms with Crippen LogP contribution in [0.15, 0.2) is 10.1 Å². The van der Waals surface area contributed by atoms with E-state index in [1.165, 1.54) is 0 Å². The maximum atomic E-state index is 4.28. The predicted molar refractivity (Wildman–Crippen MR) is 59.5 cm³/mol. The minimum absolute atomic E-state index is 0.537. The van der Waals surface area contributed by atoms with Crippen molar-refractivity contribution in [3.05, 3.63) is 0 Å². The fraction of sp³-hybridized carbons (Fsp3) is 0.750. The minimum atomic E-state index is 0.537. The Morgan fingerprint density at radius 3 is 3.00 bits per heavy atom. The summed E-state index contributed by atoms with van der Waals surface area (Å²) >= 11 is 1.73. The Labute approximate surface area is 83.5 Å². The zero-order valence-electron chi connectivity index (χ0n) is 8.32. The van der Waals surface area contributed by atoms with Crippen LogP contribution in [0, 0.1) is 0 Å². The zero-order valence-corrected chi connectivity index (χ0v) is 9.14. The van der Waals surface area contributed by atoms with Crippen molar-refractivity contribution >= 4 is 23.1 Å². The van der Waals surface area contributed by atoms with Crippen LogP contribution in [0.5, 0.6) is 0 Å². The third-order valence-corrected chi connectivity index (χ3v) is 2.50. The van der Waals surface area contributed by atoms with Gasteiger partial charge in [0.05, 0.1) is 6.54 Å². The van der Waals surface area contributed by atoms with Crippen LogP contribution in [0.2, 0.25) is 0 Å². The van der Waals surface area contributed by atoms with Crippen LogP contribution in [0.1, 0.15) is 6.92 Å². The van der Waals surface area contributed by atoms with E-state index in [0.717, 1.165) is 11.7 Å². The highest BCUT2D eigenvalue weighted by atomic mass is 32.2. The maximum absolute atomic E-state index is 4.28. The summed E-state index contributed by atoms with van der Waals surface area (Å²) in [5.41, 5.74) is 2.89. The lowest BCUT2D eigenvalue weighted by atomic mass is 10.4. The number of nitrogens with one attached hydrogen (secondary N) is 1. The van der Waals surface area contributed by atoms with Gasteiger partial charge in [0.1, 0.15) is 0 Å². The van der Waals surface area contributed by atoms with Crippen molar-refractivity contribution in [3.63, 3.8) is 0 Å². The Balaban J connectivity index is 2.27. The van der Waals surface area contributed by atoms with E-state index in [1.54, 1.807) is 18.0 Å². The van der Waals surface area contributed by atoms with Crippen molar-refractivity contribution in [3.8, 4) is 0 Å². The summed E-state index contributed by atoms with van der Waals surface area (Å²) in [5.74, 6) is 0. The average Bonchev–Trinajstić information content (AvgIpc) is 2.04. The van der Waals surface area contributed by atoms with Gasteiger partial charge in [-0.25, -0.2) is 0 Å². The lowest BCUT2D eigenvalue weighted by molar-refractivity contribution is 0.414. The van der Waals surface area contributed by atoms with Crippen LogP contribution in [0.3, 0.4) is 0 Å². The molecule has 5 heteroatoms. The molecule has 0 saturated carbocycles. The van der Waals surface area contributed by atoms with Gasteiger partial charge in [-0.3, -0.25) is 10.4 Å². The molecule has 0 aromatic carbocycles. The highest BCUT2D eigenvalue weighted by Crippen LogP contribution is 2.12. The van der Waals surface area contributed by atoms with Gasteiger partial charge in [-0.1, -0.05) is 18.7 Å². The molecule has 4 nitrogen and oxygen atoms in total. The third-order valence-electron chi connectivity index (χ3n) is 1.50. The molecule has 0 radical (unpaired) electrons. The first kappa shape index (κ1) is 10.5. The van der Waals surface area contributed by atoms with Crippen molar-refractivity contribution in [1.82, 2.24) is 10.3 Å². The Morgan fingerprint density at radius 2 is 2.46 bits per heavy atom. The smallest absolute Gasteiger partial charge is 0.177 e. The van der Waals surface area contributed by atoms with Gasteiger partial charge in [-0.15, -0.1) is 0 Å². The number of aliphatic imine (C=N–C) groups is 1. The minimum Gasteiger partial charge on any atom is -0.308 e. The Bertz CT molecular complexity index is 212. The fourth-order valence-electron chi connectivity index (χ4n) is 1.11. The summed E-state index contributed by atoms with van der Waals surface area (Å²) in [4.78, 5) is 6.45. The summed E-state index contributed by atoms with van der Waals surface area (Å²) < 4.78 is 0. The lowest BCUT2D eigenvalue weighted by Gasteiger charge is -2.17. The molecule has 0 aliphatic carbocycles. The first-order valence-corrected chi connectivity index (χ1v) is 5.20. The number of thioether (sulfide) groups is 1. The molecule has 0 aromatic heterocycles. The molecular weight excluding hydrogens is 184 g/mol. The van der Waals surface area contributed by atoms with Crippen LogP contribution in [0.4, 0.5) is 0 Å². The molecule has 1 unspecified atom stereocenters. The highest BCUT2D eigenvalue weighted by molar-refractivity contribution is 8.14. The average molecular weight is 200 g/mol. The molecule has 0 saturated heterocycles. The molecule has 1 N–H and O–H groups in total. The summed E-state index contributed by atoms with van der Waals surface area (Å²) in [6.45, 7) is 3.94. The number of amidine groups is 1. The Hall–Kier alpha value is -0.550. The van der Waals surface area contributed by atoms with Crippen molar-refractivity contribution in [2.75, 3.05) is 27.2 Å². The Morgan fingerprint density at radius 1 is 1.69 bits per heavy atom. The molecular formula is C8H16N4S. The second kappa shape index (κ2) is 5.24. The van der Waals surface area contributed by atoms with E-state index in [2.05, 4.69) is 41.4 Å². The standard InChI is InChI=1S/C8H16N4S/c1-7(6-12(2)3)13-8-9-4-5-10-11-8/h5,7H,4,6H2,1-3H3,(H,9,11). The lowest BCUT2D eigenvalue weighted by Crippen LogP contribution is -2.26. The quantitative estimate of drug-likeness (QED) is 0.726. The third kappa shape index (κ3) is 4.28. The van der Waals surface area contributed by atoms with Crippen LogP contribution < -0.4 is 5.43 Å². The number of hydrazone groups is 1. The summed E-state index contributed by atoms with van der Waals surface area (Å²) in [7, 11) is 4.15. The van der Waals surface area contributed by atoms with E-state index >= 15 is 0 Å². The molecule has 0 spiro atoms. The predicted octanol–water partition coefficient (Wildman–Crippen LogP) is 0.615. The molecule has 13 heavy (non-hydrogen) atoms. The zero-order chi connectivity index (χ0) is 9.68. The van der Waals surface area contributed by atoms with Gasteiger partial charge in [0.25, 0.3) is 0 Å². The van der Waals surface area contributed by atoms with Gasteiger partial charge in [0.2, 0.25) is 0 Å². The molecule has 0 fully saturated rings. The largest absolute Gasteiger partial charge is 0.308 e.